The van der Waals surface area contributed by atoms with Crippen LogP contribution in [0.1, 0.15) is 29.8 Å². The summed E-state index contributed by atoms with van der Waals surface area (Å²) in [5.41, 5.74) is 1.79. The van der Waals surface area contributed by atoms with E-state index in [9.17, 15) is 4.79 Å². The van der Waals surface area contributed by atoms with Gasteiger partial charge >= 0.3 is 5.97 Å². The van der Waals surface area contributed by atoms with Crippen molar-refractivity contribution >= 4 is 11.7 Å². The van der Waals surface area contributed by atoms with Crippen molar-refractivity contribution < 1.29 is 14.6 Å². The minimum Gasteiger partial charge on any atom is -0.478 e. The lowest BCUT2D eigenvalue weighted by Gasteiger charge is -2.26. The minimum absolute atomic E-state index is 0.189. The number of methoxy groups -OCH3 is 1. The molecule has 4 nitrogen and oxygen atoms in total. The Kier molecular flexibility index (Phi) is 4.12. The number of carboxylic acid groups (broad SMARTS) is 1. The molecule has 0 heterocycles. The van der Waals surface area contributed by atoms with Gasteiger partial charge in [0.05, 0.1) is 17.7 Å². The molecule has 0 spiro atoms. The molecule has 0 fully saturated rings. The van der Waals surface area contributed by atoms with E-state index in [0.29, 0.717) is 12.2 Å². The van der Waals surface area contributed by atoms with Crippen molar-refractivity contribution in [2.75, 3.05) is 19.0 Å². The SMILES string of the molecule is COCC(C)(C)Nc1ccc(C(=O)O)c(C)c1. The van der Waals surface area contributed by atoms with Crippen LogP contribution in [0.2, 0.25) is 0 Å². The third kappa shape index (κ3) is 3.75. The second kappa shape index (κ2) is 5.19. The van der Waals surface area contributed by atoms with Gasteiger partial charge < -0.3 is 15.2 Å². The molecule has 1 rings (SSSR count). The molecule has 0 saturated carbocycles. The van der Waals surface area contributed by atoms with Crippen LogP contribution in [0.15, 0.2) is 18.2 Å². The highest BCUT2D eigenvalue weighted by Crippen LogP contribution is 2.19. The van der Waals surface area contributed by atoms with Crippen molar-refractivity contribution in [2.24, 2.45) is 0 Å². The zero-order chi connectivity index (χ0) is 13.1. The van der Waals surface area contributed by atoms with E-state index in [-0.39, 0.29) is 5.54 Å². The van der Waals surface area contributed by atoms with Gasteiger partial charge in [-0.05, 0) is 44.5 Å². The lowest BCUT2D eigenvalue weighted by atomic mass is 10.0. The van der Waals surface area contributed by atoms with Crippen LogP contribution >= 0.6 is 0 Å². The largest absolute Gasteiger partial charge is 0.478 e. The molecule has 0 bridgehead atoms. The summed E-state index contributed by atoms with van der Waals surface area (Å²) in [5, 5.41) is 12.2. The Morgan fingerprint density at radius 1 is 1.47 bits per heavy atom. The first-order valence-corrected chi connectivity index (χ1v) is 5.47. The molecule has 0 atom stereocenters. The van der Waals surface area contributed by atoms with Crippen molar-refractivity contribution in [3.63, 3.8) is 0 Å². The highest BCUT2D eigenvalue weighted by atomic mass is 16.5. The molecule has 0 amide bonds. The van der Waals surface area contributed by atoms with E-state index in [4.69, 9.17) is 9.84 Å². The Labute approximate surface area is 102 Å². The highest BCUT2D eigenvalue weighted by Gasteiger charge is 2.17. The summed E-state index contributed by atoms with van der Waals surface area (Å²) in [7, 11) is 1.65. The van der Waals surface area contributed by atoms with E-state index < -0.39 is 5.97 Å². The second-order valence-corrected chi connectivity index (χ2v) is 4.78. The van der Waals surface area contributed by atoms with Gasteiger partial charge in [0, 0.05) is 12.8 Å². The Balaban J connectivity index is 2.88. The topological polar surface area (TPSA) is 58.6 Å². The summed E-state index contributed by atoms with van der Waals surface area (Å²) in [6.07, 6.45) is 0. The fourth-order valence-corrected chi connectivity index (χ4v) is 1.77. The van der Waals surface area contributed by atoms with Gasteiger partial charge in [0.1, 0.15) is 0 Å². The summed E-state index contributed by atoms with van der Waals surface area (Å²) >= 11 is 0. The number of carbonyl (C=O) groups is 1. The van der Waals surface area contributed by atoms with Crippen LogP contribution in [0.25, 0.3) is 0 Å². The van der Waals surface area contributed by atoms with Gasteiger partial charge in [-0.3, -0.25) is 0 Å². The number of rotatable bonds is 5. The molecule has 1 aromatic rings. The number of anilines is 1. The van der Waals surface area contributed by atoms with Crippen LogP contribution in [0.5, 0.6) is 0 Å². The fraction of sp³-hybridized carbons (Fsp3) is 0.462. The highest BCUT2D eigenvalue weighted by molar-refractivity contribution is 5.89. The number of nitrogens with one attached hydrogen (secondary N) is 1. The maximum atomic E-state index is 10.9. The first-order chi connectivity index (χ1) is 7.85. The van der Waals surface area contributed by atoms with Gasteiger partial charge in [0.25, 0.3) is 0 Å². The second-order valence-electron chi connectivity index (χ2n) is 4.78. The maximum Gasteiger partial charge on any atom is 0.335 e. The van der Waals surface area contributed by atoms with Crippen LogP contribution in [0.3, 0.4) is 0 Å². The van der Waals surface area contributed by atoms with Crippen molar-refractivity contribution in [2.45, 2.75) is 26.3 Å². The first-order valence-electron chi connectivity index (χ1n) is 5.47. The normalized spacial score (nSPS) is 11.3. The molecule has 0 aromatic heterocycles. The molecule has 0 aliphatic carbocycles. The van der Waals surface area contributed by atoms with Crippen LogP contribution in [-0.2, 0) is 4.74 Å². The van der Waals surface area contributed by atoms with E-state index in [1.165, 1.54) is 0 Å². The van der Waals surface area contributed by atoms with Crippen molar-refractivity contribution in [3.05, 3.63) is 29.3 Å². The zero-order valence-electron chi connectivity index (χ0n) is 10.7. The smallest absolute Gasteiger partial charge is 0.335 e. The van der Waals surface area contributed by atoms with E-state index >= 15 is 0 Å². The molecular weight excluding hydrogens is 218 g/mol. The Morgan fingerprint density at radius 3 is 2.59 bits per heavy atom. The van der Waals surface area contributed by atoms with E-state index in [1.54, 1.807) is 26.2 Å². The van der Waals surface area contributed by atoms with E-state index in [2.05, 4.69) is 5.32 Å². The van der Waals surface area contributed by atoms with E-state index in [0.717, 1.165) is 11.3 Å². The number of carboxylic acids is 1. The molecule has 0 radical (unpaired) electrons. The third-order valence-electron chi connectivity index (χ3n) is 2.44. The van der Waals surface area contributed by atoms with Gasteiger partial charge in [0.15, 0.2) is 0 Å². The minimum atomic E-state index is -0.898. The average Bonchev–Trinajstić information content (AvgIpc) is 2.15. The Hall–Kier alpha value is -1.55. The number of aryl methyl sites for hydroxylation is 1. The zero-order valence-corrected chi connectivity index (χ0v) is 10.7. The molecule has 4 heteroatoms. The number of hydrogen-bond donors (Lipinski definition) is 2. The summed E-state index contributed by atoms with van der Waals surface area (Å²) in [5.74, 6) is -0.898. The summed E-state index contributed by atoms with van der Waals surface area (Å²) in [6, 6.07) is 5.22. The third-order valence-corrected chi connectivity index (χ3v) is 2.44. The van der Waals surface area contributed by atoms with Gasteiger partial charge in [-0.25, -0.2) is 4.79 Å². The molecule has 2 N–H and O–H groups in total. The van der Waals surface area contributed by atoms with Crippen LogP contribution in [0.4, 0.5) is 5.69 Å². The fourth-order valence-electron chi connectivity index (χ4n) is 1.77. The average molecular weight is 237 g/mol. The first kappa shape index (κ1) is 13.5. The summed E-state index contributed by atoms with van der Waals surface area (Å²) < 4.78 is 5.11. The summed E-state index contributed by atoms with van der Waals surface area (Å²) in [6.45, 7) is 6.42. The monoisotopic (exact) mass is 237 g/mol. The number of aromatic carboxylic acids is 1. The van der Waals surface area contributed by atoms with Crippen molar-refractivity contribution in [1.82, 2.24) is 0 Å². The van der Waals surface area contributed by atoms with Crippen molar-refractivity contribution in [3.8, 4) is 0 Å². The predicted molar refractivity (Wildman–Crippen MR) is 67.7 cm³/mol. The van der Waals surface area contributed by atoms with Gasteiger partial charge in [-0.2, -0.15) is 0 Å². The quantitative estimate of drug-likeness (QED) is 0.826. The molecule has 0 unspecified atom stereocenters. The van der Waals surface area contributed by atoms with Crippen LogP contribution in [-0.4, -0.2) is 30.3 Å². The van der Waals surface area contributed by atoms with Crippen LogP contribution < -0.4 is 5.32 Å². The number of ether oxygens (including phenoxy) is 1. The molecular formula is C13H19NO3. The lowest BCUT2D eigenvalue weighted by molar-refractivity contribution is 0.0696. The lowest BCUT2D eigenvalue weighted by Crippen LogP contribution is -2.35. The Morgan fingerprint density at radius 2 is 2.12 bits per heavy atom. The molecule has 0 aliphatic heterocycles. The van der Waals surface area contributed by atoms with Gasteiger partial charge in [-0.1, -0.05) is 0 Å². The van der Waals surface area contributed by atoms with Gasteiger partial charge in [-0.15, -0.1) is 0 Å². The number of benzene rings is 1. The molecule has 1 aromatic carbocycles. The molecule has 94 valence electrons. The predicted octanol–water partition coefficient (Wildman–Crippen LogP) is 2.53. The van der Waals surface area contributed by atoms with Crippen molar-refractivity contribution in [1.29, 1.82) is 0 Å². The molecule has 0 aliphatic rings. The molecule has 17 heavy (non-hydrogen) atoms. The maximum absolute atomic E-state index is 10.9. The summed E-state index contributed by atoms with van der Waals surface area (Å²) in [4.78, 5) is 10.9. The number of hydrogen-bond acceptors (Lipinski definition) is 3. The standard InChI is InChI=1S/C13H19NO3/c1-9-7-10(5-6-11(9)12(15)16)14-13(2,3)8-17-4/h5-7,14H,8H2,1-4H3,(H,15,16). The molecule has 0 saturated heterocycles. The van der Waals surface area contributed by atoms with Gasteiger partial charge in [0.2, 0.25) is 0 Å². The van der Waals surface area contributed by atoms with Crippen LogP contribution in [0, 0.1) is 6.92 Å². The Bertz CT molecular complexity index is 413. The van der Waals surface area contributed by atoms with E-state index in [1.807, 2.05) is 19.9 Å².